The maximum atomic E-state index is 15.6. The van der Waals surface area contributed by atoms with Crippen LogP contribution in [0.4, 0.5) is 4.39 Å². The summed E-state index contributed by atoms with van der Waals surface area (Å²) in [6.45, 7) is 13.4. The Morgan fingerprint density at radius 3 is 2.02 bits per heavy atom. The third kappa shape index (κ3) is 6.81. The molecule has 3 atom stereocenters. The van der Waals surface area contributed by atoms with Gasteiger partial charge in [0.05, 0.1) is 41.9 Å². The Labute approximate surface area is 283 Å². The number of rotatable bonds is 11. The second-order valence-corrected chi connectivity index (χ2v) is 13.6. The highest BCUT2D eigenvalue weighted by atomic mass is 19.1. The molecule has 254 valence electrons. The maximum absolute atomic E-state index is 15.6. The van der Waals surface area contributed by atoms with Crippen LogP contribution in [-0.4, -0.2) is 78.7 Å². The molecule has 0 radical (unpaired) electrons. The van der Waals surface area contributed by atoms with Crippen LogP contribution < -0.4 is 0 Å². The zero-order valence-corrected chi connectivity index (χ0v) is 28.8. The van der Waals surface area contributed by atoms with Gasteiger partial charge in [-0.05, 0) is 80.4 Å². The smallest absolute Gasteiger partial charge is 0.240 e. The number of H-pyrrole nitrogens is 2. The van der Waals surface area contributed by atoms with E-state index in [1.165, 1.54) is 0 Å². The lowest BCUT2D eigenvalue weighted by molar-refractivity contribution is -0.137. The summed E-state index contributed by atoms with van der Waals surface area (Å²) in [6, 6.07) is 12.9. The van der Waals surface area contributed by atoms with Crippen molar-refractivity contribution in [1.82, 2.24) is 34.6 Å². The molecule has 4 heterocycles. The predicted molar refractivity (Wildman–Crippen MR) is 186 cm³/mol. The molecule has 2 aliphatic rings. The lowest BCUT2D eigenvalue weighted by atomic mass is 10.0. The molecular weight excluding hydrogens is 605 g/mol. The van der Waals surface area contributed by atoms with Gasteiger partial charge < -0.3 is 19.8 Å². The molecule has 2 aromatic heterocycles. The molecule has 0 unspecified atom stereocenters. The molecule has 9 nitrogen and oxygen atoms in total. The van der Waals surface area contributed by atoms with E-state index in [9.17, 15) is 9.59 Å². The van der Waals surface area contributed by atoms with Crippen LogP contribution in [0.2, 0.25) is 0 Å². The number of carbonyl (C=O) groups is 2. The van der Waals surface area contributed by atoms with Gasteiger partial charge in [0.2, 0.25) is 11.8 Å². The van der Waals surface area contributed by atoms with Gasteiger partial charge in [0, 0.05) is 25.1 Å². The number of nitrogens with zero attached hydrogens (tertiary/aromatic N) is 5. The summed E-state index contributed by atoms with van der Waals surface area (Å²) in [5.74, 6) is 1.81. The molecule has 10 heteroatoms. The number of amides is 2. The first-order valence-electron chi connectivity index (χ1n) is 17.5. The SMILES string of the molecule is CCN(CC)[C@H](C)C(=O)N1CCC[C@H]1c1ncc(-c2ccc(-c3ccc(-c4cnc([C@@H]5CCCN5C(=O)CC(C)C)[nH]4)cc3)cc2F)[nH]1. The number of imidazole rings is 2. The minimum absolute atomic E-state index is 0.0162. The molecule has 0 spiro atoms. The van der Waals surface area contributed by atoms with E-state index in [1.54, 1.807) is 18.3 Å². The third-order valence-corrected chi connectivity index (χ3v) is 10.0. The van der Waals surface area contributed by atoms with Crippen LogP contribution >= 0.6 is 0 Å². The first-order chi connectivity index (χ1) is 23.2. The Balaban J connectivity index is 1.14. The van der Waals surface area contributed by atoms with Crippen molar-refractivity contribution in [2.24, 2.45) is 5.92 Å². The van der Waals surface area contributed by atoms with Crippen LogP contribution in [0.3, 0.4) is 0 Å². The number of halogens is 1. The highest BCUT2D eigenvalue weighted by Crippen LogP contribution is 2.35. The van der Waals surface area contributed by atoms with Crippen molar-refractivity contribution in [3.63, 3.8) is 0 Å². The minimum Gasteiger partial charge on any atom is -0.340 e. The number of carbonyl (C=O) groups excluding carboxylic acids is 2. The van der Waals surface area contributed by atoms with Gasteiger partial charge >= 0.3 is 0 Å². The molecule has 48 heavy (non-hydrogen) atoms. The van der Waals surface area contributed by atoms with E-state index < -0.39 is 0 Å². The number of likely N-dealkylation sites (N-methyl/N-ethyl adjacent to an activating group) is 1. The summed E-state index contributed by atoms with van der Waals surface area (Å²) < 4.78 is 15.6. The lowest BCUT2D eigenvalue weighted by Crippen LogP contribution is -2.46. The second-order valence-electron chi connectivity index (χ2n) is 13.6. The average Bonchev–Trinajstić information content (AvgIpc) is 3.91. The number of likely N-dealkylation sites (tertiary alicyclic amines) is 2. The van der Waals surface area contributed by atoms with Crippen LogP contribution in [0.25, 0.3) is 33.6 Å². The monoisotopic (exact) mass is 653 g/mol. The van der Waals surface area contributed by atoms with E-state index in [2.05, 4.69) is 52.5 Å². The Morgan fingerprint density at radius 1 is 0.833 bits per heavy atom. The standard InChI is InChI=1S/C38H48FN7O2/c1-6-44(7-2)25(5)38(48)46-19-9-11-34(46)37-41-23-32(43-37)29-17-16-28(21-30(29)39)26-12-14-27(15-13-26)31-22-40-36(42-31)33-10-8-18-45(33)35(47)20-24(3)4/h12-17,21-25,33-34H,6-11,18-20H2,1-5H3,(H,40,42)(H,41,43)/t25-,33+,34+/m1/s1. The molecule has 2 aromatic carbocycles. The molecule has 2 amide bonds. The van der Waals surface area contributed by atoms with Gasteiger partial charge in [-0.2, -0.15) is 0 Å². The van der Waals surface area contributed by atoms with Crippen molar-refractivity contribution in [2.75, 3.05) is 26.2 Å². The van der Waals surface area contributed by atoms with E-state index in [4.69, 9.17) is 0 Å². The van der Waals surface area contributed by atoms with E-state index in [1.807, 2.05) is 53.3 Å². The Hall–Kier alpha value is -4.31. The van der Waals surface area contributed by atoms with Crippen molar-refractivity contribution in [3.05, 3.63) is 72.3 Å². The topological polar surface area (TPSA) is 101 Å². The van der Waals surface area contributed by atoms with E-state index in [0.29, 0.717) is 36.0 Å². The molecule has 2 N–H and O–H groups in total. The molecule has 0 saturated carbocycles. The van der Waals surface area contributed by atoms with E-state index in [0.717, 1.165) is 73.5 Å². The summed E-state index contributed by atoms with van der Waals surface area (Å²) in [5.41, 5.74) is 4.58. The summed E-state index contributed by atoms with van der Waals surface area (Å²) in [5, 5.41) is 0. The summed E-state index contributed by atoms with van der Waals surface area (Å²) in [7, 11) is 0. The Morgan fingerprint density at radius 2 is 1.40 bits per heavy atom. The van der Waals surface area contributed by atoms with Crippen LogP contribution in [0.15, 0.2) is 54.9 Å². The number of aromatic nitrogens is 4. The zero-order chi connectivity index (χ0) is 33.9. The highest BCUT2D eigenvalue weighted by Gasteiger charge is 2.36. The molecule has 2 aliphatic heterocycles. The normalized spacial score (nSPS) is 18.8. The number of hydrogen-bond acceptors (Lipinski definition) is 5. The number of benzene rings is 2. The molecule has 0 aliphatic carbocycles. The molecule has 4 aromatic rings. The third-order valence-electron chi connectivity index (χ3n) is 10.0. The molecule has 2 saturated heterocycles. The number of hydrogen-bond donors (Lipinski definition) is 2. The lowest BCUT2D eigenvalue weighted by Gasteiger charge is -2.31. The second kappa shape index (κ2) is 14.4. The van der Waals surface area contributed by atoms with Gasteiger partial charge in [-0.25, -0.2) is 14.4 Å². The van der Waals surface area contributed by atoms with Gasteiger partial charge in [0.25, 0.3) is 0 Å². The average molecular weight is 654 g/mol. The number of aromatic amines is 2. The molecular formula is C38H48FN7O2. The van der Waals surface area contributed by atoms with Crippen LogP contribution in [0, 0.1) is 11.7 Å². The Bertz CT molecular complexity index is 1720. The minimum atomic E-state index is -0.340. The maximum Gasteiger partial charge on any atom is 0.240 e. The quantitative estimate of drug-likeness (QED) is 0.176. The van der Waals surface area contributed by atoms with Crippen LogP contribution in [0.5, 0.6) is 0 Å². The summed E-state index contributed by atoms with van der Waals surface area (Å²) in [4.78, 5) is 48.3. The van der Waals surface area contributed by atoms with Crippen LogP contribution in [-0.2, 0) is 9.59 Å². The first kappa shape index (κ1) is 33.6. The Kier molecular flexibility index (Phi) is 10.1. The summed E-state index contributed by atoms with van der Waals surface area (Å²) in [6.07, 6.45) is 7.68. The van der Waals surface area contributed by atoms with Crippen molar-refractivity contribution >= 4 is 11.8 Å². The van der Waals surface area contributed by atoms with E-state index in [-0.39, 0.29) is 35.8 Å². The molecule has 6 rings (SSSR count). The van der Waals surface area contributed by atoms with Crippen molar-refractivity contribution in [2.45, 2.75) is 84.8 Å². The zero-order valence-electron chi connectivity index (χ0n) is 28.8. The fourth-order valence-corrected chi connectivity index (χ4v) is 7.35. The highest BCUT2D eigenvalue weighted by molar-refractivity contribution is 5.82. The van der Waals surface area contributed by atoms with Gasteiger partial charge in [0.1, 0.15) is 17.5 Å². The van der Waals surface area contributed by atoms with Gasteiger partial charge in [-0.15, -0.1) is 0 Å². The van der Waals surface area contributed by atoms with Crippen molar-refractivity contribution in [1.29, 1.82) is 0 Å². The largest absolute Gasteiger partial charge is 0.340 e. The first-order valence-corrected chi connectivity index (χ1v) is 17.5. The molecule has 0 bridgehead atoms. The summed E-state index contributed by atoms with van der Waals surface area (Å²) >= 11 is 0. The fourth-order valence-electron chi connectivity index (χ4n) is 7.35. The van der Waals surface area contributed by atoms with Crippen molar-refractivity contribution < 1.29 is 14.0 Å². The molecule has 2 fully saturated rings. The number of nitrogens with one attached hydrogen (secondary N) is 2. The van der Waals surface area contributed by atoms with Crippen molar-refractivity contribution in [3.8, 4) is 33.6 Å². The fraction of sp³-hybridized carbons (Fsp3) is 0.474. The van der Waals surface area contributed by atoms with E-state index >= 15 is 4.39 Å². The predicted octanol–water partition coefficient (Wildman–Crippen LogP) is 7.38. The van der Waals surface area contributed by atoms with Gasteiger partial charge in [-0.3, -0.25) is 14.5 Å². The van der Waals surface area contributed by atoms with Gasteiger partial charge in [-0.1, -0.05) is 58.0 Å². The van der Waals surface area contributed by atoms with Crippen LogP contribution in [0.1, 0.15) is 90.5 Å². The van der Waals surface area contributed by atoms with Gasteiger partial charge in [0.15, 0.2) is 0 Å².